The van der Waals surface area contributed by atoms with Gasteiger partial charge in [-0.1, -0.05) is 0 Å². The van der Waals surface area contributed by atoms with Gasteiger partial charge in [0.15, 0.2) is 5.69 Å². The second-order valence-corrected chi connectivity index (χ2v) is 3.98. The van der Waals surface area contributed by atoms with Crippen molar-refractivity contribution in [2.75, 3.05) is 12.4 Å². The van der Waals surface area contributed by atoms with E-state index in [0.717, 1.165) is 19.4 Å². The van der Waals surface area contributed by atoms with Gasteiger partial charge in [-0.3, -0.25) is 4.79 Å². The minimum Gasteiger partial charge on any atom is -0.333 e. The summed E-state index contributed by atoms with van der Waals surface area (Å²) in [6, 6.07) is 0.154. The van der Waals surface area contributed by atoms with Gasteiger partial charge >= 0.3 is 0 Å². The van der Waals surface area contributed by atoms with Crippen LogP contribution in [0.5, 0.6) is 0 Å². The summed E-state index contributed by atoms with van der Waals surface area (Å²) in [4.78, 5) is 15.2. The molecule has 1 amide bonds. The number of carbonyl (C=O) groups excluding carboxylic acids is 1. The van der Waals surface area contributed by atoms with E-state index in [2.05, 4.69) is 10.2 Å². The zero-order chi connectivity index (χ0) is 10.8. The maximum Gasteiger partial charge on any atom is 0.276 e. The predicted octanol–water partition coefficient (Wildman–Crippen LogP) is 0.659. The Morgan fingerprint density at radius 2 is 2.53 bits per heavy atom. The number of hydrogen-bond donors (Lipinski definition) is 0. The van der Waals surface area contributed by atoms with Crippen molar-refractivity contribution < 1.29 is 4.79 Å². The third kappa shape index (κ3) is 1.97. The summed E-state index contributed by atoms with van der Waals surface area (Å²) < 4.78 is 0. The normalized spacial score (nSPS) is 20.9. The number of carbonyl (C=O) groups is 1. The fourth-order valence-electron chi connectivity index (χ4n) is 1.85. The molecule has 1 aromatic rings. The number of likely N-dealkylation sites (tertiary alicyclic amines) is 1. The Kier molecular flexibility index (Phi) is 2.90. The molecule has 0 aliphatic carbocycles. The number of amides is 1. The number of halogens is 1. The summed E-state index contributed by atoms with van der Waals surface area (Å²) in [5.41, 5.74) is 0.398. The van der Waals surface area contributed by atoms with Gasteiger partial charge in [0.25, 0.3) is 5.91 Å². The van der Waals surface area contributed by atoms with Crippen LogP contribution in [0.2, 0.25) is 0 Å². The van der Waals surface area contributed by atoms with Crippen molar-refractivity contribution in [2.24, 2.45) is 7.05 Å². The highest BCUT2D eigenvalue weighted by molar-refractivity contribution is 6.18. The molecule has 0 N–H and O–H groups in total. The first-order chi connectivity index (χ1) is 7.22. The Hall–Kier alpha value is -1.10. The maximum atomic E-state index is 12.0. The summed E-state index contributed by atoms with van der Waals surface area (Å²) in [6.07, 6.45) is 3.49. The van der Waals surface area contributed by atoms with E-state index >= 15 is 0 Å². The van der Waals surface area contributed by atoms with E-state index in [-0.39, 0.29) is 11.9 Å². The number of nitrogens with zero attached hydrogens (tertiary/aromatic N) is 4. The zero-order valence-electron chi connectivity index (χ0n) is 8.56. The SMILES string of the molecule is Cn1ncc(C(=O)N2CCCC2CCl)n1. The number of aromatic nitrogens is 3. The molecule has 1 saturated heterocycles. The first-order valence-electron chi connectivity index (χ1n) is 4.95. The smallest absolute Gasteiger partial charge is 0.276 e. The Labute approximate surface area is 93.0 Å². The summed E-state index contributed by atoms with van der Waals surface area (Å²) in [5.74, 6) is 0.428. The molecule has 0 spiro atoms. The van der Waals surface area contributed by atoms with E-state index in [0.29, 0.717) is 11.6 Å². The average molecular weight is 229 g/mol. The van der Waals surface area contributed by atoms with Crippen LogP contribution < -0.4 is 0 Å². The van der Waals surface area contributed by atoms with E-state index in [9.17, 15) is 4.79 Å². The van der Waals surface area contributed by atoms with E-state index in [1.54, 1.807) is 11.9 Å². The molecule has 1 aromatic heterocycles. The molecule has 2 rings (SSSR count). The predicted molar refractivity (Wildman–Crippen MR) is 55.8 cm³/mol. The van der Waals surface area contributed by atoms with Crippen LogP contribution in [0.4, 0.5) is 0 Å². The van der Waals surface area contributed by atoms with Gasteiger partial charge in [0.05, 0.1) is 6.20 Å². The third-order valence-electron chi connectivity index (χ3n) is 2.63. The highest BCUT2D eigenvalue weighted by Gasteiger charge is 2.29. The van der Waals surface area contributed by atoms with Crippen LogP contribution in [0.1, 0.15) is 23.3 Å². The molecule has 15 heavy (non-hydrogen) atoms. The van der Waals surface area contributed by atoms with Crippen LogP contribution in [-0.2, 0) is 7.05 Å². The van der Waals surface area contributed by atoms with Crippen LogP contribution in [0.3, 0.4) is 0 Å². The number of alkyl halides is 1. The first kappa shape index (κ1) is 10.4. The molecule has 0 bridgehead atoms. The molecule has 6 heteroatoms. The number of rotatable bonds is 2. The standard InChI is InChI=1S/C9H13ClN4O/c1-13-11-6-8(12-13)9(15)14-4-2-3-7(14)5-10/h6-7H,2-5H2,1H3. The molecular formula is C9H13ClN4O. The molecule has 0 aromatic carbocycles. The van der Waals surface area contributed by atoms with Crippen molar-refractivity contribution in [3.8, 4) is 0 Å². The van der Waals surface area contributed by atoms with Crippen molar-refractivity contribution >= 4 is 17.5 Å². The van der Waals surface area contributed by atoms with Gasteiger partial charge in [-0.25, -0.2) is 0 Å². The summed E-state index contributed by atoms with van der Waals surface area (Å²) in [5, 5.41) is 7.88. The third-order valence-corrected chi connectivity index (χ3v) is 2.99. The van der Waals surface area contributed by atoms with E-state index < -0.39 is 0 Å². The first-order valence-corrected chi connectivity index (χ1v) is 5.49. The Balaban J connectivity index is 2.13. The van der Waals surface area contributed by atoms with E-state index in [1.165, 1.54) is 11.0 Å². The Morgan fingerprint density at radius 1 is 1.73 bits per heavy atom. The van der Waals surface area contributed by atoms with Crippen molar-refractivity contribution in [3.63, 3.8) is 0 Å². The molecule has 1 fully saturated rings. The minimum atomic E-state index is -0.0637. The molecule has 1 aliphatic heterocycles. The lowest BCUT2D eigenvalue weighted by Gasteiger charge is -2.21. The van der Waals surface area contributed by atoms with Crippen molar-refractivity contribution in [2.45, 2.75) is 18.9 Å². The largest absolute Gasteiger partial charge is 0.333 e. The minimum absolute atomic E-state index is 0.0637. The summed E-state index contributed by atoms with van der Waals surface area (Å²) in [6.45, 7) is 0.771. The highest BCUT2D eigenvalue weighted by atomic mass is 35.5. The molecule has 2 heterocycles. The van der Waals surface area contributed by atoms with Crippen LogP contribution in [0.25, 0.3) is 0 Å². The summed E-state index contributed by atoms with van der Waals surface area (Å²) in [7, 11) is 1.69. The lowest BCUT2D eigenvalue weighted by Crippen LogP contribution is -2.36. The van der Waals surface area contributed by atoms with E-state index in [1.807, 2.05) is 0 Å². The lowest BCUT2D eigenvalue weighted by atomic mass is 10.2. The van der Waals surface area contributed by atoms with Gasteiger partial charge in [0.2, 0.25) is 0 Å². The van der Waals surface area contributed by atoms with Crippen molar-refractivity contribution in [1.82, 2.24) is 19.9 Å². The molecular weight excluding hydrogens is 216 g/mol. The zero-order valence-corrected chi connectivity index (χ0v) is 9.31. The van der Waals surface area contributed by atoms with Crippen molar-refractivity contribution in [3.05, 3.63) is 11.9 Å². The Bertz CT molecular complexity index is 365. The van der Waals surface area contributed by atoms with Crippen molar-refractivity contribution in [1.29, 1.82) is 0 Å². The second kappa shape index (κ2) is 4.18. The highest BCUT2D eigenvalue weighted by Crippen LogP contribution is 2.20. The van der Waals surface area contributed by atoms with Crippen LogP contribution in [-0.4, -0.2) is 44.3 Å². The van der Waals surface area contributed by atoms with Gasteiger partial charge in [0, 0.05) is 25.5 Å². The molecule has 5 nitrogen and oxygen atoms in total. The van der Waals surface area contributed by atoms with Crippen LogP contribution >= 0.6 is 11.6 Å². The van der Waals surface area contributed by atoms with Crippen LogP contribution in [0.15, 0.2) is 6.20 Å². The van der Waals surface area contributed by atoms with Gasteiger partial charge in [-0.2, -0.15) is 9.90 Å². The molecule has 82 valence electrons. The molecule has 0 saturated carbocycles. The van der Waals surface area contributed by atoms with Gasteiger partial charge < -0.3 is 4.90 Å². The molecule has 1 aliphatic rings. The quantitative estimate of drug-likeness (QED) is 0.699. The monoisotopic (exact) mass is 228 g/mol. The van der Waals surface area contributed by atoms with Crippen LogP contribution in [0, 0.1) is 0 Å². The summed E-state index contributed by atoms with van der Waals surface area (Å²) >= 11 is 5.80. The molecule has 1 unspecified atom stereocenters. The maximum absolute atomic E-state index is 12.0. The lowest BCUT2D eigenvalue weighted by molar-refractivity contribution is 0.0742. The number of hydrogen-bond acceptors (Lipinski definition) is 3. The van der Waals surface area contributed by atoms with E-state index in [4.69, 9.17) is 11.6 Å². The fraction of sp³-hybridized carbons (Fsp3) is 0.667. The fourth-order valence-corrected chi connectivity index (χ4v) is 2.18. The Morgan fingerprint density at radius 3 is 3.13 bits per heavy atom. The second-order valence-electron chi connectivity index (χ2n) is 3.67. The number of aryl methyl sites for hydroxylation is 1. The topological polar surface area (TPSA) is 51.0 Å². The molecule has 0 radical (unpaired) electrons. The van der Waals surface area contributed by atoms with Gasteiger partial charge in [-0.15, -0.1) is 16.7 Å². The van der Waals surface area contributed by atoms with Gasteiger partial charge in [-0.05, 0) is 12.8 Å². The van der Waals surface area contributed by atoms with Gasteiger partial charge in [0.1, 0.15) is 0 Å². The average Bonchev–Trinajstić information content (AvgIpc) is 2.84. The molecule has 1 atom stereocenters.